The van der Waals surface area contributed by atoms with Crippen LogP contribution in [0.3, 0.4) is 0 Å². The molecule has 21 heavy (non-hydrogen) atoms. The number of aromatic hydroxyl groups is 1. The molecule has 0 spiro atoms. The van der Waals surface area contributed by atoms with Crippen LogP contribution in [0.1, 0.15) is 37.7 Å². The molecule has 0 amide bonds. The molecule has 6 heteroatoms. The number of fused-ring (bicyclic) bond motifs is 1. The van der Waals surface area contributed by atoms with Crippen molar-refractivity contribution in [3.8, 4) is 17.2 Å². The first kappa shape index (κ1) is 14.0. The third-order valence-electron chi connectivity index (χ3n) is 4.31. The molecular weight excluding hydrogens is 279 g/mol. The van der Waals surface area contributed by atoms with Crippen molar-refractivity contribution in [3.05, 3.63) is 17.4 Å². The first-order valence-corrected chi connectivity index (χ1v) is 7.11. The number of carboxylic acids is 1. The fourth-order valence-corrected chi connectivity index (χ4v) is 3.26. The van der Waals surface area contributed by atoms with Gasteiger partial charge in [-0.2, -0.15) is 0 Å². The van der Waals surface area contributed by atoms with Crippen molar-refractivity contribution in [1.82, 2.24) is 0 Å². The lowest BCUT2D eigenvalue weighted by Gasteiger charge is -2.28. The molecule has 1 aliphatic heterocycles. The normalized spacial score (nSPS) is 20.0. The van der Waals surface area contributed by atoms with Gasteiger partial charge in [-0.3, -0.25) is 4.79 Å². The molecule has 1 aromatic rings. The Morgan fingerprint density at radius 3 is 2.52 bits per heavy atom. The highest BCUT2D eigenvalue weighted by Crippen LogP contribution is 2.52. The number of phenols is 1. The van der Waals surface area contributed by atoms with Crippen molar-refractivity contribution in [2.45, 2.75) is 37.5 Å². The van der Waals surface area contributed by atoms with E-state index in [1.54, 1.807) is 0 Å². The van der Waals surface area contributed by atoms with Gasteiger partial charge in [-0.25, -0.2) is 4.39 Å². The van der Waals surface area contributed by atoms with Crippen LogP contribution >= 0.6 is 0 Å². The highest BCUT2D eigenvalue weighted by molar-refractivity contribution is 5.85. The lowest BCUT2D eigenvalue weighted by molar-refractivity contribution is -0.143. The Labute approximate surface area is 121 Å². The first-order chi connectivity index (χ1) is 10.1. The summed E-state index contributed by atoms with van der Waals surface area (Å²) >= 11 is 0. The van der Waals surface area contributed by atoms with E-state index in [0.29, 0.717) is 32.5 Å². The summed E-state index contributed by atoms with van der Waals surface area (Å²) in [6, 6.07) is 1.06. The van der Waals surface area contributed by atoms with Crippen molar-refractivity contribution in [1.29, 1.82) is 0 Å². The number of carbonyl (C=O) groups is 1. The number of phenolic OH excluding ortho intramolecular Hbond substituents is 1. The fraction of sp³-hybridized carbons (Fsp3) is 0.533. The van der Waals surface area contributed by atoms with E-state index in [9.17, 15) is 19.4 Å². The average molecular weight is 296 g/mol. The van der Waals surface area contributed by atoms with E-state index in [1.165, 1.54) is 0 Å². The van der Waals surface area contributed by atoms with E-state index in [4.69, 9.17) is 9.47 Å². The third kappa shape index (κ3) is 2.09. The molecule has 1 fully saturated rings. The topological polar surface area (TPSA) is 76.0 Å². The maximum atomic E-state index is 14.0. The monoisotopic (exact) mass is 296 g/mol. The molecule has 2 N–H and O–H groups in total. The second-order valence-electron chi connectivity index (χ2n) is 5.55. The van der Waals surface area contributed by atoms with Gasteiger partial charge in [-0.05, 0) is 12.8 Å². The van der Waals surface area contributed by atoms with E-state index in [-0.39, 0.29) is 17.1 Å². The summed E-state index contributed by atoms with van der Waals surface area (Å²) in [6.45, 7) is 0.720. The Hall–Kier alpha value is -1.98. The summed E-state index contributed by atoms with van der Waals surface area (Å²) in [5.41, 5.74) is -1.27. The van der Waals surface area contributed by atoms with Gasteiger partial charge in [-0.1, -0.05) is 12.8 Å². The van der Waals surface area contributed by atoms with E-state index in [0.717, 1.165) is 18.9 Å². The van der Waals surface area contributed by atoms with Crippen LogP contribution in [0.4, 0.5) is 4.39 Å². The highest BCUT2D eigenvalue weighted by Gasteiger charge is 2.48. The number of carboxylic acid groups (broad SMARTS) is 1. The van der Waals surface area contributed by atoms with Gasteiger partial charge < -0.3 is 19.7 Å². The number of hydrogen-bond donors (Lipinski definition) is 2. The fourth-order valence-electron chi connectivity index (χ4n) is 3.26. The predicted molar refractivity (Wildman–Crippen MR) is 71.5 cm³/mol. The second-order valence-corrected chi connectivity index (χ2v) is 5.55. The van der Waals surface area contributed by atoms with Crippen molar-refractivity contribution < 1.29 is 28.9 Å². The molecule has 1 aliphatic carbocycles. The second kappa shape index (κ2) is 5.09. The number of hydrogen-bond acceptors (Lipinski definition) is 4. The number of aliphatic carboxylic acids is 1. The molecule has 0 radical (unpaired) electrons. The minimum Gasteiger partial charge on any atom is -0.505 e. The zero-order valence-electron chi connectivity index (χ0n) is 11.5. The molecule has 0 atom stereocenters. The Morgan fingerprint density at radius 1 is 1.19 bits per heavy atom. The largest absolute Gasteiger partial charge is 0.505 e. The minimum absolute atomic E-state index is 0.0319. The Morgan fingerprint density at radius 2 is 1.86 bits per heavy atom. The molecule has 0 aromatic heterocycles. The lowest BCUT2D eigenvalue weighted by atomic mass is 9.77. The number of ether oxygens (including phenoxy) is 2. The van der Waals surface area contributed by atoms with Crippen LogP contribution in [0, 0.1) is 5.82 Å². The standard InChI is InChI=1S/C15H17FO5/c16-9-8-10-13(21-7-3-6-20-10)11(12(9)17)15(14(18)19)4-1-2-5-15/h8,17H,1-7H2,(H,18,19). The molecule has 5 nitrogen and oxygen atoms in total. The summed E-state index contributed by atoms with van der Waals surface area (Å²) < 4.78 is 25.0. The van der Waals surface area contributed by atoms with Crippen LogP contribution in [0.25, 0.3) is 0 Å². The van der Waals surface area contributed by atoms with Gasteiger partial charge >= 0.3 is 5.97 Å². The highest BCUT2D eigenvalue weighted by atomic mass is 19.1. The molecular formula is C15H17FO5. The van der Waals surface area contributed by atoms with Crippen molar-refractivity contribution >= 4 is 5.97 Å². The van der Waals surface area contributed by atoms with Gasteiger partial charge in [0.2, 0.25) is 0 Å². The van der Waals surface area contributed by atoms with Crippen molar-refractivity contribution in [2.24, 2.45) is 0 Å². The first-order valence-electron chi connectivity index (χ1n) is 7.11. The third-order valence-corrected chi connectivity index (χ3v) is 4.31. The maximum Gasteiger partial charge on any atom is 0.314 e. The van der Waals surface area contributed by atoms with Crippen LogP contribution in [0.5, 0.6) is 17.2 Å². The van der Waals surface area contributed by atoms with Crippen LogP contribution < -0.4 is 9.47 Å². The van der Waals surface area contributed by atoms with Crippen LogP contribution in [0.2, 0.25) is 0 Å². The summed E-state index contributed by atoms with van der Waals surface area (Å²) in [5, 5.41) is 19.8. The summed E-state index contributed by atoms with van der Waals surface area (Å²) in [5.74, 6) is -2.22. The predicted octanol–water partition coefficient (Wildman–Crippen LogP) is 2.59. The molecule has 0 saturated heterocycles. The van der Waals surface area contributed by atoms with E-state index >= 15 is 0 Å². The Bertz CT molecular complexity index is 578. The molecule has 0 bridgehead atoms. The molecule has 1 aromatic carbocycles. The molecule has 1 heterocycles. The molecule has 2 aliphatic rings. The van der Waals surface area contributed by atoms with Crippen molar-refractivity contribution in [2.75, 3.05) is 13.2 Å². The summed E-state index contributed by atoms with van der Waals surface area (Å²) in [6.07, 6.45) is 2.77. The van der Waals surface area contributed by atoms with Crippen LogP contribution in [0.15, 0.2) is 6.07 Å². The molecule has 3 rings (SSSR count). The van der Waals surface area contributed by atoms with Gasteiger partial charge in [0.1, 0.15) is 5.41 Å². The number of rotatable bonds is 2. The zero-order chi connectivity index (χ0) is 15.0. The van der Waals surface area contributed by atoms with Crippen LogP contribution in [-0.4, -0.2) is 29.4 Å². The number of halogens is 1. The lowest BCUT2D eigenvalue weighted by Crippen LogP contribution is -2.33. The smallest absolute Gasteiger partial charge is 0.314 e. The Balaban J connectivity index is 2.25. The summed E-state index contributed by atoms with van der Waals surface area (Å²) in [4.78, 5) is 11.8. The van der Waals surface area contributed by atoms with Gasteiger partial charge in [0.05, 0.1) is 18.8 Å². The molecule has 1 saturated carbocycles. The van der Waals surface area contributed by atoms with Crippen molar-refractivity contribution in [3.63, 3.8) is 0 Å². The molecule has 0 unspecified atom stereocenters. The SMILES string of the molecule is O=C(O)C1(c2c(O)c(F)cc3c2OCCCO3)CCCC1. The van der Waals surface area contributed by atoms with Gasteiger partial charge in [0, 0.05) is 12.5 Å². The average Bonchev–Trinajstić information content (AvgIpc) is 2.83. The minimum atomic E-state index is -1.30. The van der Waals surface area contributed by atoms with Gasteiger partial charge in [-0.15, -0.1) is 0 Å². The number of benzene rings is 1. The van der Waals surface area contributed by atoms with Gasteiger partial charge in [0.15, 0.2) is 23.1 Å². The maximum absolute atomic E-state index is 14.0. The quantitative estimate of drug-likeness (QED) is 0.877. The zero-order valence-corrected chi connectivity index (χ0v) is 11.5. The summed E-state index contributed by atoms with van der Waals surface area (Å²) in [7, 11) is 0. The molecule has 114 valence electrons. The van der Waals surface area contributed by atoms with Crippen LogP contribution in [-0.2, 0) is 10.2 Å². The van der Waals surface area contributed by atoms with E-state index < -0.39 is 23.0 Å². The van der Waals surface area contributed by atoms with E-state index in [2.05, 4.69) is 0 Å². The van der Waals surface area contributed by atoms with E-state index in [1.807, 2.05) is 0 Å². The Kier molecular flexibility index (Phi) is 3.39. The van der Waals surface area contributed by atoms with Gasteiger partial charge in [0.25, 0.3) is 0 Å².